The molecule has 2 nitrogen and oxygen atoms in total. The number of unbranched alkanes of at least 4 members (excludes halogenated alkanes) is 8. The molecular formula is C17H32O2. The highest BCUT2D eigenvalue weighted by molar-refractivity contribution is 5.82. The van der Waals surface area contributed by atoms with E-state index in [0.29, 0.717) is 0 Å². The molecule has 0 aliphatic heterocycles. The van der Waals surface area contributed by atoms with Crippen LogP contribution in [0.15, 0.2) is 12.2 Å². The maximum absolute atomic E-state index is 11.4. The summed E-state index contributed by atoms with van der Waals surface area (Å²) in [6, 6.07) is 0. The van der Waals surface area contributed by atoms with E-state index >= 15 is 0 Å². The Morgan fingerprint density at radius 2 is 1.47 bits per heavy atom. The quantitative estimate of drug-likeness (QED) is 0.300. The van der Waals surface area contributed by atoms with Crippen molar-refractivity contribution in [2.45, 2.75) is 91.1 Å². The molecule has 0 aliphatic rings. The minimum atomic E-state index is -0.389. The largest absolute Gasteiger partial charge is 0.457 e. The average molecular weight is 268 g/mol. The van der Waals surface area contributed by atoms with Gasteiger partial charge in [-0.2, -0.15) is 0 Å². The SMILES string of the molecule is CCCCCCCCCC/C=C\C(=O)OC(C)(C)C. The molecule has 0 aromatic heterocycles. The van der Waals surface area contributed by atoms with Crippen LogP contribution >= 0.6 is 0 Å². The molecule has 0 atom stereocenters. The minimum absolute atomic E-state index is 0.230. The first-order valence-corrected chi connectivity index (χ1v) is 7.85. The van der Waals surface area contributed by atoms with Crippen LogP contribution in [-0.4, -0.2) is 11.6 Å². The summed E-state index contributed by atoms with van der Waals surface area (Å²) in [6.07, 6.45) is 15.0. The molecule has 0 radical (unpaired) electrons. The third-order valence-electron chi connectivity index (χ3n) is 2.89. The van der Waals surface area contributed by atoms with Crippen molar-refractivity contribution in [1.29, 1.82) is 0 Å². The van der Waals surface area contributed by atoms with Gasteiger partial charge in [0, 0.05) is 6.08 Å². The lowest BCUT2D eigenvalue weighted by Crippen LogP contribution is -2.22. The summed E-state index contributed by atoms with van der Waals surface area (Å²) in [5.41, 5.74) is -0.389. The lowest BCUT2D eigenvalue weighted by molar-refractivity contribution is -0.148. The molecule has 112 valence electrons. The minimum Gasteiger partial charge on any atom is -0.457 e. The fraction of sp³-hybridized carbons (Fsp3) is 0.824. The standard InChI is InChI=1S/C17H32O2/c1-5-6-7-8-9-10-11-12-13-14-15-16(18)19-17(2,3)4/h14-15H,5-13H2,1-4H3/b15-14-. The Labute approximate surface area is 119 Å². The molecule has 0 spiro atoms. The van der Waals surface area contributed by atoms with Gasteiger partial charge in [-0.15, -0.1) is 0 Å². The van der Waals surface area contributed by atoms with Crippen molar-refractivity contribution >= 4 is 5.97 Å². The predicted octanol–water partition coefficient (Wildman–Crippen LogP) is 5.42. The Balaban J connectivity index is 3.36. The number of rotatable bonds is 10. The van der Waals surface area contributed by atoms with E-state index in [4.69, 9.17) is 4.74 Å². The van der Waals surface area contributed by atoms with Crippen LogP contribution in [-0.2, 0) is 9.53 Å². The van der Waals surface area contributed by atoms with Gasteiger partial charge in [0.2, 0.25) is 0 Å². The van der Waals surface area contributed by atoms with Crippen molar-refractivity contribution in [3.8, 4) is 0 Å². The molecule has 19 heavy (non-hydrogen) atoms. The Morgan fingerprint density at radius 3 is 2.00 bits per heavy atom. The zero-order valence-electron chi connectivity index (χ0n) is 13.3. The number of ether oxygens (including phenoxy) is 1. The van der Waals surface area contributed by atoms with E-state index in [-0.39, 0.29) is 11.6 Å². The Bertz CT molecular complexity index is 248. The molecule has 0 rings (SSSR count). The van der Waals surface area contributed by atoms with Gasteiger partial charge in [-0.1, -0.05) is 57.9 Å². The number of carbonyl (C=O) groups excluding carboxylic acids is 1. The topological polar surface area (TPSA) is 26.3 Å². The Kier molecular flexibility index (Phi) is 10.6. The van der Waals surface area contributed by atoms with Gasteiger partial charge in [0.15, 0.2) is 0 Å². The van der Waals surface area contributed by atoms with Crippen LogP contribution in [0.5, 0.6) is 0 Å². The van der Waals surface area contributed by atoms with Gasteiger partial charge >= 0.3 is 5.97 Å². The summed E-state index contributed by atoms with van der Waals surface area (Å²) in [6.45, 7) is 7.91. The molecule has 0 aromatic carbocycles. The predicted molar refractivity (Wildman–Crippen MR) is 82.2 cm³/mol. The monoisotopic (exact) mass is 268 g/mol. The first-order chi connectivity index (χ1) is 8.95. The Hall–Kier alpha value is -0.790. The molecular weight excluding hydrogens is 236 g/mol. The van der Waals surface area contributed by atoms with Gasteiger partial charge in [0.1, 0.15) is 5.60 Å². The summed E-state index contributed by atoms with van der Waals surface area (Å²) in [4.78, 5) is 11.4. The second-order valence-electron chi connectivity index (χ2n) is 6.20. The second kappa shape index (κ2) is 11.1. The van der Waals surface area contributed by atoms with E-state index < -0.39 is 0 Å². The normalized spacial score (nSPS) is 12.0. The molecule has 0 heterocycles. The average Bonchev–Trinajstić information content (AvgIpc) is 2.29. The first-order valence-electron chi connectivity index (χ1n) is 7.85. The molecule has 0 saturated heterocycles. The fourth-order valence-electron chi connectivity index (χ4n) is 1.91. The van der Waals surface area contributed by atoms with Crippen molar-refractivity contribution in [2.24, 2.45) is 0 Å². The lowest BCUT2D eigenvalue weighted by atomic mass is 10.1. The molecule has 0 unspecified atom stereocenters. The van der Waals surface area contributed by atoms with Crippen molar-refractivity contribution < 1.29 is 9.53 Å². The van der Waals surface area contributed by atoms with Crippen LogP contribution in [0.2, 0.25) is 0 Å². The van der Waals surface area contributed by atoms with Crippen LogP contribution in [0.1, 0.15) is 85.5 Å². The highest BCUT2D eigenvalue weighted by atomic mass is 16.6. The third kappa shape index (κ3) is 15.2. The summed E-state index contributed by atoms with van der Waals surface area (Å²) in [5.74, 6) is -0.230. The third-order valence-corrected chi connectivity index (χ3v) is 2.89. The highest BCUT2D eigenvalue weighted by Crippen LogP contribution is 2.10. The summed E-state index contributed by atoms with van der Waals surface area (Å²) in [5, 5.41) is 0. The number of hydrogen-bond acceptors (Lipinski definition) is 2. The second-order valence-corrected chi connectivity index (χ2v) is 6.20. The molecule has 0 aliphatic carbocycles. The first kappa shape index (κ1) is 18.2. The van der Waals surface area contributed by atoms with Crippen molar-refractivity contribution in [1.82, 2.24) is 0 Å². The molecule has 0 saturated carbocycles. The number of esters is 1. The van der Waals surface area contributed by atoms with Crippen molar-refractivity contribution in [3.63, 3.8) is 0 Å². The number of carbonyl (C=O) groups is 1. The van der Waals surface area contributed by atoms with E-state index in [1.54, 1.807) is 6.08 Å². The van der Waals surface area contributed by atoms with Gasteiger partial charge in [-0.25, -0.2) is 4.79 Å². The van der Waals surface area contributed by atoms with Gasteiger partial charge < -0.3 is 4.74 Å². The van der Waals surface area contributed by atoms with E-state index in [9.17, 15) is 4.79 Å². The van der Waals surface area contributed by atoms with Gasteiger partial charge in [0.25, 0.3) is 0 Å². The molecule has 0 fully saturated rings. The number of hydrogen-bond donors (Lipinski definition) is 0. The van der Waals surface area contributed by atoms with Gasteiger partial charge in [0.05, 0.1) is 0 Å². The summed E-state index contributed by atoms with van der Waals surface area (Å²) in [7, 11) is 0. The lowest BCUT2D eigenvalue weighted by Gasteiger charge is -2.17. The van der Waals surface area contributed by atoms with Gasteiger partial charge in [-0.05, 0) is 33.6 Å². The van der Waals surface area contributed by atoms with Crippen LogP contribution < -0.4 is 0 Å². The molecule has 0 amide bonds. The summed E-state index contributed by atoms with van der Waals surface area (Å²) >= 11 is 0. The van der Waals surface area contributed by atoms with E-state index in [1.807, 2.05) is 26.8 Å². The van der Waals surface area contributed by atoms with E-state index in [1.165, 1.54) is 51.4 Å². The maximum Gasteiger partial charge on any atom is 0.330 e. The molecule has 0 aromatic rings. The maximum atomic E-state index is 11.4. The van der Waals surface area contributed by atoms with E-state index in [2.05, 4.69) is 6.92 Å². The summed E-state index contributed by atoms with van der Waals surface area (Å²) < 4.78 is 5.19. The van der Waals surface area contributed by atoms with Crippen LogP contribution in [0.3, 0.4) is 0 Å². The van der Waals surface area contributed by atoms with Crippen LogP contribution in [0.4, 0.5) is 0 Å². The smallest absolute Gasteiger partial charge is 0.330 e. The fourth-order valence-corrected chi connectivity index (χ4v) is 1.91. The molecule has 0 bridgehead atoms. The van der Waals surface area contributed by atoms with Crippen molar-refractivity contribution in [2.75, 3.05) is 0 Å². The Morgan fingerprint density at radius 1 is 0.947 bits per heavy atom. The molecule has 2 heteroatoms. The van der Waals surface area contributed by atoms with Crippen LogP contribution in [0.25, 0.3) is 0 Å². The van der Waals surface area contributed by atoms with Gasteiger partial charge in [-0.3, -0.25) is 0 Å². The number of allylic oxidation sites excluding steroid dienone is 1. The highest BCUT2D eigenvalue weighted by Gasteiger charge is 2.13. The van der Waals surface area contributed by atoms with E-state index in [0.717, 1.165) is 6.42 Å². The molecule has 0 N–H and O–H groups in total. The van der Waals surface area contributed by atoms with Crippen LogP contribution in [0, 0.1) is 0 Å². The zero-order valence-corrected chi connectivity index (χ0v) is 13.3. The van der Waals surface area contributed by atoms with Crippen molar-refractivity contribution in [3.05, 3.63) is 12.2 Å². The zero-order chi connectivity index (χ0) is 14.6.